The molecule has 3 heterocycles. The summed E-state index contributed by atoms with van der Waals surface area (Å²) < 4.78 is 14.4. The van der Waals surface area contributed by atoms with Crippen LogP contribution in [-0.4, -0.2) is 38.6 Å². The average Bonchev–Trinajstić information content (AvgIpc) is 3.12. The highest BCUT2D eigenvalue weighted by Crippen LogP contribution is 2.31. The number of rotatable bonds is 2. The quantitative estimate of drug-likeness (QED) is 0.853. The van der Waals surface area contributed by atoms with Gasteiger partial charge in [-0.2, -0.15) is 5.26 Å². The minimum absolute atomic E-state index is 0.102. The first-order valence-corrected chi connectivity index (χ1v) is 7.47. The van der Waals surface area contributed by atoms with Gasteiger partial charge >= 0.3 is 6.03 Å². The highest BCUT2D eigenvalue weighted by Gasteiger charge is 2.30. The molecule has 23 heavy (non-hydrogen) atoms. The molecule has 1 atom stereocenters. The van der Waals surface area contributed by atoms with Gasteiger partial charge in [0.2, 0.25) is 0 Å². The largest absolute Gasteiger partial charge is 0.329 e. The van der Waals surface area contributed by atoms with Gasteiger partial charge in [-0.3, -0.25) is 9.55 Å². The second-order valence-corrected chi connectivity index (χ2v) is 5.59. The maximum absolute atomic E-state index is 13.0. The molecule has 1 aliphatic heterocycles. The van der Waals surface area contributed by atoms with Crippen molar-refractivity contribution in [3.63, 3.8) is 0 Å². The van der Waals surface area contributed by atoms with Crippen molar-refractivity contribution in [2.24, 2.45) is 5.92 Å². The first-order valence-electron chi connectivity index (χ1n) is 7.47. The molecular weight excluding hydrogens is 297 g/mol. The fraction of sp³-hybridized carbons (Fsp3) is 0.375. The van der Waals surface area contributed by atoms with Crippen LogP contribution in [0.25, 0.3) is 0 Å². The summed E-state index contributed by atoms with van der Waals surface area (Å²) in [5, 5.41) is 9.45. The van der Waals surface area contributed by atoms with Crippen LogP contribution in [-0.2, 0) is 0 Å². The van der Waals surface area contributed by atoms with E-state index in [2.05, 4.69) is 16.0 Å². The molecule has 0 aromatic carbocycles. The molecule has 1 saturated heterocycles. The number of hydrogen-bond donors (Lipinski definition) is 0. The Morgan fingerprint density at radius 1 is 1.39 bits per heavy atom. The summed E-state index contributed by atoms with van der Waals surface area (Å²) in [6.07, 6.45) is 7.24. The molecule has 118 valence electrons. The van der Waals surface area contributed by atoms with Crippen LogP contribution >= 0.6 is 0 Å². The molecule has 0 radical (unpaired) electrons. The molecule has 1 unspecified atom stereocenters. The van der Waals surface area contributed by atoms with E-state index in [4.69, 9.17) is 0 Å². The number of carbonyl (C=O) groups is 1. The molecular formula is C16H16FN5O. The van der Waals surface area contributed by atoms with Gasteiger partial charge in [0.15, 0.2) is 0 Å². The van der Waals surface area contributed by atoms with E-state index in [1.807, 2.05) is 0 Å². The predicted octanol–water partition coefficient (Wildman–Crippen LogP) is 2.40. The summed E-state index contributed by atoms with van der Waals surface area (Å²) >= 11 is 0. The van der Waals surface area contributed by atoms with Crippen LogP contribution in [0, 0.1) is 23.1 Å². The number of nitrogens with zero attached hydrogens (tertiary/aromatic N) is 5. The molecule has 1 amide bonds. The van der Waals surface area contributed by atoms with E-state index in [-0.39, 0.29) is 17.9 Å². The summed E-state index contributed by atoms with van der Waals surface area (Å²) in [5.74, 6) is -0.669. The summed E-state index contributed by atoms with van der Waals surface area (Å²) in [7, 11) is 0. The van der Waals surface area contributed by atoms with E-state index < -0.39 is 5.82 Å². The zero-order valence-corrected chi connectivity index (χ0v) is 12.5. The number of nitriles is 1. The Bertz CT molecular complexity index is 699. The van der Waals surface area contributed by atoms with Crippen LogP contribution in [0.1, 0.15) is 24.5 Å². The summed E-state index contributed by atoms with van der Waals surface area (Å²) in [6.45, 7) is 1.17. The second-order valence-electron chi connectivity index (χ2n) is 5.59. The minimum atomic E-state index is -0.411. The number of pyridine rings is 1. The molecule has 7 heteroatoms. The van der Waals surface area contributed by atoms with E-state index in [1.165, 1.54) is 17.0 Å². The number of likely N-dealkylation sites (tertiary alicyclic amines) is 1. The Balaban J connectivity index is 1.64. The molecule has 0 saturated carbocycles. The fourth-order valence-corrected chi connectivity index (χ4v) is 2.94. The van der Waals surface area contributed by atoms with Gasteiger partial charge in [-0.1, -0.05) is 0 Å². The van der Waals surface area contributed by atoms with Gasteiger partial charge in [0, 0.05) is 25.5 Å². The standard InChI is InChI=1S/C16H16FN5O/c17-13-1-2-15(20-10-13)14(9-18)12-3-6-21(7-4-12)16(23)22-8-5-19-11-22/h1-2,5,8,10-12,14H,3-4,6-7H2. The van der Waals surface area contributed by atoms with E-state index >= 15 is 0 Å². The molecule has 1 fully saturated rings. The smallest absolute Gasteiger partial charge is 0.324 e. The Labute approximate surface area is 133 Å². The van der Waals surface area contributed by atoms with Gasteiger partial charge in [0.25, 0.3) is 0 Å². The summed E-state index contributed by atoms with van der Waals surface area (Å²) in [6, 6.07) is 5.06. The van der Waals surface area contributed by atoms with Crippen molar-refractivity contribution in [2.45, 2.75) is 18.8 Å². The summed E-state index contributed by atoms with van der Waals surface area (Å²) in [5.41, 5.74) is 0.591. The van der Waals surface area contributed by atoms with E-state index in [9.17, 15) is 14.4 Å². The van der Waals surface area contributed by atoms with Gasteiger partial charge in [0.1, 0.15) is 12.1 Å². The number of imidazole rings is 1. The number of piperidine rings is 1. The maximum Gasteiger partial charge on any atom is 0.329 e. The predicted molar refractivity (Wildman–Crippen MR) is 79.9 cm³/mol. The highest BCUT2D eigenvalue weighted by atomic mass is 19.1. The van der Waals surface area contributed by atoms with Gasteiger partial charge in [0.05, 0.1) is 23.9 Å². The number of carbonyl (C=O) groups excluding carboxylic acids is 1. The maximum atomic E-state index is 13.0. The van der Waals surface area contributed by atoms with Gasteiger partial charge in [-0.25, -0.2) is 14.2 Å². The van der Waals surface area contributed by atoms with E-state index in [1.54, 1.807) is 23.4 Å². The lowest BCUT2D eigenvalue weighted by atomic mass is 9.83. The van der Waals surface area contributed by atoms with E-state index in [0.29, 0.717) is 18.8 Å². The summed E-state index contributed by atoms with van der Waals surface area (Å²) in [4.78, 5) is 21.9. The monoisotopic (exact) mass is 313 g/mol. The van der Waals surface area contributed by atoms with Crippen molar-refractivity contribution in [1.82, 2.24) is 19.4 Å². The van der Waals surface area contributed by atoms with Crippen molar-refractivity contribution in [1.29, 1.82) is 5.26 Å². The first-order chi connectivity index (χ1) is 11.2. The van der Waals surface area contributed by atoms with Gasteiger partial charge < -0.3 is 4.90 Å². The topological polar surface area (TPSA) is 74.8 Å². The Morgan fingerprint density at radius 3 is 2.74 bits per heavy atom. The molecule has 2 aromatic rings. The van der Waals surface area contributed by atoms with E-state index in [0.717, 1.165) is 19.0 Å². The number of hydrogen-bond acceptors (Lipinski definition) is 4. The molecule has 0 spiro atoms. The molecule has 2 aromatic heterocycles. The molecule has 3 rings (SSSR count). The zero-order valence-electron chi connectivity index (χ0n) is 12.5. The third-order valence-corrected chi connectivity index (χ3v) is 4.21. The van der Waals surface area contributed by atoms with Crippen molar-refractivity contribution in [2.75, 3.05) is 13.1 Å². The molecule has 0 bridgehead atoms. The first kappa shape index (κ1) is 15.2. The Kier molecular flexibility index (Phi) is 4.33. The molecule has 0 N–H and O–H groups in total. The SMILES string of the molecule is N#CC(c1ccc(F)cn1)C1CCN(C(=O)n2ccnc2)CC1. The van der Waals surface area contributed by atoms with Crippen LogP contribution in [0.4, 0.5) is 9.18 Å². The van der Waals surface area contributed by atoms with Crippen molar-refractivity contribution in [3.8, 4) is 6.07 Å². The fourth-order valence-electron chi connectivity index (χ4n) is 2.94. The van der Waals surface area contributed by atoms with Crippen molar-refractivity contribution < 1.29 is 9.18 Å². The van der Waals surface area contributed by atoms with Crippen molar-refractivity contribution >= 4 is 6.03 Å². The lowest BCUT2D eigenvalue weighted by Gasteiger charge is -2.33. The molecule has 6 nitrogen and oxygen atoms in total. The lowest BCUT2D eigenvalue weighted by molar-refractivity contribution is 0.168. The molecule has 1 aliphatic rings. The zero-order chi connectivity index (χ0) is 16.2. The van der Waals surface area contributed by atoms with Crippen LogP contribution in [0.15, 0.2) is 37.1 Å². The Hall–Kier alpha value is -2.75. The van der Waals surface area contributed by atoms with Crippen LogP contribution in [0.3, 0.4) is 0 Å². The van der Waals surface area contributed by atoms with Crippen LogP contribution in [0.5, 0.6) is 0 Å². The number of halogens is 1. The van der Waals surface area contributed by atoms with Crippen LogP contribution < -0.4 is 0 Å². The third-order valence-electron chi connectivity index (χ3n) is 4.21. The molecule has 0 aliphatic carbocycles. The average molecular weight is 313 g/mol. The van der Waals surface area contributed by atoms with Crippen molar-refractivity contribution in [3.05, 3.63) is 48.6 Å². The number of amides is 1. The normalized spacial score (nSPS) is 16.8. The van der Waals surface area contributed by atoms with Gasteiger partial charge in [-0.05, 0) is 30.9 Å². The number of aromatic nitrogens is 3. The third kappa shape index (κ3) is 3.21. The second kappa shape index (κ2) is 6.57. The minimum Gasteiger partial charge on any atom is -0.324 e. The van der Waals surface area contributed by atoms with Gasteiger partial charge in [-0.15, -0.1) is 0 Å². The van der Waals surface area contributed by atoms with Crippen LogP contribution in [0.2, 0.25) is 0 Å². The lowest BCUT2D eigenvalue weighted by Crippen LogP contribution is -2.41. The Morgan fingerprint density at radius 2 is 2.17 bits per heavy atom. The highest BCUT2D eigenvalue weighted by molar-refractivity contribution is 5.76.